The molecule has 2 aromatic carbocycles. The molecule has 1 atom stereocenters. The Balaban J connectivity index is 1.48. The molecule has 0 aliphatic heterocycles. The molecule has 0 radical (unpaired) electrons. The molecule has 3 rings (SSSR count). The first kappa shape index (κ1) is 26.2. The summed E-state index contributed by atoms with van der Waals surface area (Å²) in [7, 11) is 0. The van der Waals surface area contributed by atoms with Gasteiger partial charge in [0, 0.05) is 24.9 Å². The van der Waals surface area contributed by atoms with Crippen molar-refractivity contribution in [2.24, 2.45) is 0 Å². The number of carbonyl (C=O) groups is 3. The third kappa shape index (κ3) is 7.82. The number of rotatable bonds is 14. The van der Waals surface area contributed by atoms with E-state index in [0.717, 1.165) is 24.0 Å². The van der Waals surface area contributed by atoms with Crippen molar-refractivity contribution in [3.05, 3.63) is 59.7 Å². The zero-order chi connectivity index (χ0) is 25.0. The summed E-state index contributed by atoms with van der Waals surface area (Å²) in [6, 6.07) is 16.0. The molecule has 0 bridgehead atoms. The van der Waals surface area contributed by atoms with Gasteiger partial charge in [0.05, 0.1) is 19.6 Å². The van der Waals surface area contributed by atoms with Gasteiger partial charge in [0.2, 0.25) is 5.91 Å². The first-order valence-electron chi connectivity index (χ1n) is 12.2. The highest BCUT2D eigenvalue weighted by Crippen LogP contribution is 2.44. The minimum absolute atomic E-state index is 0.0216. The number of fused-ring (bicyclic) bond motifs is 3. The van der Waals surface area contributed by atoms with Crippen LogP contribution in [0.4, 0.5) is 4.79 Å². The molecule has 8 nitrogen and oxygen atoms in total. The third-order valence-corrected chi connectivity index (χ3v) is 6.03. The summed E-state index contributed by atoms with van der Waals surface area (Å²) in [5, 5.41) is 14.2. The summed E-state index contributed by atoms with van der Waals surface area (Å²) in [5.41, 5.74) is 4.63. The molecule has 0 saturated carbocycles. The summed E-state index contributed by atoms with van der Waals surface area (Å²) < 4.78 is 10.8. The Morgan fingerprint density at radius 2 is 1.66 bits per heavy atom. The van der Waals surface area contributed by atoms with Crippen molar-refractivity contribution in [3.63, 3.8) is 0 Å². The van der Waals surface area contributed by atoms with Crippen molar-refractivity contribution in [2.45, 2.75) is 51.0 Å². The SMILES string of the molecule is CCCC[C@H](CC(=O)NCCOCCC(=O)O)NC(=O)OCC1c2ccccc2-c2ccccc21. The number of aliphatic carboxylic acids is 1. The van der Waals surface area contributed by atoms with Gasteiger partial charge in [0.25, 0.3) is 0 Å². The van der Waals surface area contributed by atoms with Crippen LogP contribution in [0.25, 0.3) is 11.1 Å². The van der Waals surface area contributed by atoms with Crippen molar-refractivity contribution in [1.29, 1.82) is 0 Å². The molecular weight excluding hydrogens is 448 g/mol. The van der Waals surface area contributed by atoms with E-state index in [1.165, 1.54) is 11.1 Å². The maximum atomic E-state index is 12.6. The van der Waals surface area contributed by atoms with Crippen LogP contribution in [0.15, 0.2) is 48.5 Å². The predicted octanol–water partition coefficient (Wildman–Crippen LogP) is 4.08. The van der Waals surface area contributed by atoms with Gasteiger partial charge in [-0.2, -0.15) is 0 Å². The number of nitrogens with one attached hydrogen (secondary N) is 2. The first-order valence-corrected chi connectivity index (χ1v) is 12.2. The van der Waals surface area contributed by atoms with Gasteiger partial charge < -0.3 is 25.2 Å². The Bertz CT molecular complexity index is 963. The average molecular weight is 483 g/mol. The predicted molar refractivity (Wildman–Crippen MR) is 132 cm³/mol. The van der Waals surface area contributed by atoms with Gasteiger partial charge in [-0.3, -0.25) is 9.59 Å². The fraction of sp³-hybridized carbons (Fsp3) is 0.444. The fourth-order valence-corrected chi connectivity index (χ4v) is 4.30. The van der Waals surface area contributed by atoms with Crippen LogP contribution in [-0.2, 0) is 19.1 Å². The van der Waals surface area contributed by atoms with E-state index in [-0.39, 0.29) is 57.1 Å². The van der Waals surface area contributed by atoms with Crippen molar-refractivity contribution < 1.29 is 29.0 Å². The van der Waals surface area contributed by atoms with Gasteiger partial charge in [-0.25, -0.2) is 4.79 Å². The van der Waals surface area contributed by atoms with Crippen LogP contribution in [0.5, 0.6) is 0 Å². The Kier molecular flexibility index (Phi) is 10.1. The highest BCUT2D eigenvalue weighted by atomic mass is 16.5. The van der Waals surface area contributed by atoms with Gasteiger partial charge >= 0.3 is 12.1 Å². The normalized spacial score (nSPS) is 12.9. The molecule has 3 N–H and O–H groups in total. The van der Waals surface area contributed by atoms with E-state index in [1.54, 1.807) is 0 Å². The van der Waals surface area contributed by atoms with E-state index >= 15 is 0 Å². The van der Waals surface area contributed by atoms with Gasteiger partial charge in [-0.15, -0.1) is 0 Å². The standard InChI is InChI=1S/C27H34N2O6/c1-2-3-8-19(17-25(30)28-14-16-34-15-13-26(31)32)29-27(33)35-18-24-22-11-6-4-9-20(22)21-10-5-7-12-23(21)24/h4-7,9-12,19,24H,2-3,8,13-18H2,1H3,(H,28,30)(H,29,33)(H,31,32)/t19-/m1/s1. The molecule has 0 aromatic heterocycles. The summed E-state index contributed by atoms with van der Waals surface area (Å²) >= 11 is 0. The second-order valence-electron chi connectivity index (χ2n) is 8.62. The largest absolute Gasteiger partial charge is 0.481 e. The van der Waals surface area contributed by atoms with Crippen molar-refractivity contribution in [3.8, 4) is 11.1 Å². The number of carboxylic acid groups (broad SMARTS) is 1. The topological polar surface area (TPSA) is 114 Å². The van der Waals surface area contributed by atoms with Crippen LogP contribution >= 0.6 is 0 Å². The number of benzene rings is 2. The number of carbonyl (C=O) groups excluding carboxylic acids is 2. The highest BCUT2D eigenvalue weighted by Gasteiger charge is 2.29. The van der Waals surface area contributed by atoms with E-state index in [0.29, 0.717) is 6.42 Å². The van der Waals surface area contributed by atoms with E-state index in [4.69, 9.17) is 14.6 Å². The number of hydrogen-bond donors (Lipinski definition) is 3. The quantitative estimate of drug-likeness (QED) is 0.350. The van der Waals surface area contributed by atoms with Crippen molar-refractivity contribution >= 4 is 18.0 Å². The molecule has 0 saturated heterocycles. The van der Waals surface area contributed by atoms with E-state index < -0.39 is 12.1 Å². The lowest BCUT2D eigenvalue weighted by Gasteiger charge is -2.20. The third-order valence-electron chi connectivity index (χ3n) is 6.03. The van der Waals surface area contributed by atoms with Crippen LogP contribution in [0.3, 0.4) is 0 Å². The molecule has 0 heterocycles. The summed E-state index contributed by atoms with van der Waals surface area (Å²) in [4.78, 5) is 35.4. The molecule has 0 unspecified atom stereocenters. The molecule has 2 aromatic rings. The molecule has 1 aliphatic carbocycles. The summed E-state index contributed by atoms with van der Waals surface area (Å²) in [5.74, 6) is -1.15. The van der Waals surface area contributed by atoms with Crippen LogP contribution in [0.2, 0.25) is 0 Å². The Labute approximate surface area is 206 Å². The number of hydrogen-bond acceptors (Lipinski definition) is 5. The number of unbranched alkanes of at least 4 members (excludes halogenated alkanes) is 1. The molecule has 0 fully saturated rings. The monoisotopic (exact) mass is 482 g/mol. The molecular formula is C27H34N2O6. The lowest BCUT2D eigenvalue weighted by atomic mass is 9.98. The Morgan fingerprint density at radius 1 is 1.00 bits per heavy atom. The summed E-state index contributed by atoms with van der Waals surface area (Å²) in [6.45, 7) is 2.90. The van der Waals surface area contributed by atoms with E-state index in [2.05, 4.69) is 41.8 Å². The summed E-state index contributed by atoms with van der Waals surface area (Å²) in [6.07, 6.45) is 2.03. The van der Waals surface area contributed by atoms with Crippen LogP contribution in [0, 0.1) is 0 Å². The lowest BCUT2D eigenvalue weighted by molar-refractivity contribution is -0.138. The fourth-order valence-electron chi connectivity index (χ4n) is 4.30. The molecule has 35 heavy (non-hydrogen) atoms. The minimum Gasteiger partial charge on any atom is -0.481 e. The maximum Gasteiger partial charge on any atom is 0.407 e. The second-order valence-corrected chi connectivity index (χ2v) is 8.62. The zero-order valence-corrected chi connectivity index (χ0v) is 20.1. The van der Waals surface area contributed by atoms with Gasteiger partial charge in [-0.05, 0) is 28.7 Å². The van der Waals surface area contributed by atoms with Gasteiger partial charge in [0.1, 0.15) is 6.61 Å². The minimum atomic E-state index is -0.924. The Morgan fingerprint density at radius 3 is 2.29 bits per heavy atom. The number of carboxylic acids is 1. The molecule has 188 valence electrons. The van der Waals surface area contributed by atoms with Gasteiger partial charge in [-0.1, -0.05) is 68.3 Å². The molecule has 8 heteroatoms. The molecule has 1 aliphatic rings. The van der Waals surface area contributed by atoms with E-state index in [9.17, 15) is 14.4 Å². The smallest absolute Gasteiger partial charge is 0.407 e. The first-order chi connectivity index (χ1) is 17.0. The van der Waals surface area contributed by atoms with Crippen molar-refractivity contribution in [2.75, 3.05) is 26.4 Å². The number of amides is 2. The Hall–Kier alpha value is -3.39. The molecule has 2 amide bonds. The number of ether oxygens (including phenoxy) is 2. The lowest BCUT2D eigenvalue weighted by Crippen LogP contribution is -2.40. The maximum absolute atomic E-state index is 12.6. The molecule has 0 spiro atoms. The zero-order valence-electron chi connectivity index (χ0n) is 20.1. The average Bonchev–Trinajstić information content (AvgIpc) is 3.17. The highest BCUT2D eigenvalue weighted by molar-refractivity contribution is 5.79. The number of alkyl carbamates (subject to hydrolysis) is 1. The van der Waals surface area contributed by atoms with E-state index in [1.807, 2.05) is 24.3 Å². The van der Waals surface area contributed by atoms with Crippen LogP contribution in [0.1, 0.15) is 56.1 Å². The van der Waals surface area contributed by atoms with Gasteiger partial charge in [0.15, 0.2) is 0 Å². The van der Waals surface area contributed by atoms with Crippen LogP contribution < -0.4 is 10.6 Å². The van der Waals surface area contributed by atoms with Crippen molar-refractivity contribution in [1.82, 2.24) is 10.6 Å². The second kappa shape index (κ2) is 13.5. The van der Waals surface area contributed by atoms with Crippen LogP contribution in [-0.4, -0.2) is 55.5 Å².